The zero-order valence-electron chi connectivity index (χ0n) is 5.83. The van der Waals surface area contributed by atoms with Crippen LogP contribution in [0, 0.1) is 5.82 Å². The molecule has 1 heterocycles. The number of rotatable bonds is 0. The molecule has 1 aliphatic rings. The first-order valence-electron chi connectivity index (χ1n) is 3.25. The largest absolute Gasteiger partial charge is 0.281 e. The topological polar surface area (TPSA) is 34.1 Å². The first kappa shape index (κ1) is 7.49. The zero-order valence-corrected chi connectivity index (χ0v) is 6.65. The van der Waals surface area contributed by atoms with Crippen molar-refractivity contribution in [2.24, 2.45) is 0 Å². The van der Waals surface area contributed by atoms with Gasteiger partial charge in [0.1, 0.15) is 5.82 Å². The molecule has 0 radical (unpaired) electrons. The normalized spacial score (nSPS) is 15.1. The van der Waals surface area contributed by atoms with Gasteiger partial charge in [0.05, 0.1) is 5.56 Å². The number of carbonyl (C=O) groups is 2. The van der Waals surface area contributed by atoms with Crippen LogP contribution in [0.25, 0.3) is 0 Å². The number of thioether (sulfide) groups is 1. The number of carbonyl (C=O) groups excluding carboxylic acids is 2. The quantitative estimate of drug-likeness (QED) is 0.614. The van der Waals surface area contributed by atoms with E-state index in [2.05, 4.69) is 0 Å². The first-order chi connectivity index (χ1) is 5.70. The number of hydrogen-bond acceptors (Lipinski definition) is 3. The van der Waals surface area contributed by atoms with E-state index in [0.717, 1.165) is 0 Å². The third-order valence-electron chi connectivity index (χ3n) is 1.62. The van der Waals surface area contributed by atoms with Gasteiger partial charge in [-0.2, -0.15) is 0 Å². The molecule has 0 unspecified atom stereocenters. The summed E-state index contributed by atoms with van der Waals surface area (Å²) in [6.45, 7) is 0. The van der Waals surface area contributed by atoms with Crippen LogP contribution in [0.15, 0.2) is 18.2 Å². The molecule has 0 saturated carbocycles. The Balaban J connectivity index is 2.75. The van der Waals surface area contributed by atoms with Gasteiger partial charge in [-0.1, -0.05) is 6.07 Å². The van der Waals surface area contributed by atoms with Crippen LogP contribution in [0.5, 0.6) is 0 Å². The molecule has 0 N–H and O–H groups in total. The van der Waals surface area contributed by atoms with Gasteiger partial charge in [-0.15, -0.1) is 0 Å². The fraction of sp³-hybridized carbons (Fsp3) is 0. The number of hydrogen-bond donors (Lipinski definition) is 0. The van der Waals surface area contributed by atoms with E-state index in [1.54, 1.807) is 0 Å². The molecule has 2 rings (SSSR count). The molecular formula is C8H3FO2S. The Labute approximate surface area is 71.8 Å². The van der Waals surface area contributed by atoms with Crippen LogP contribution in [0.3, 0.4) is 0 Å². The van der Waals surface area contributed by atoms with E-state index < -0.39 is 10.9 Å². The lowest BCUT2D eigenvalue weighted by molar-refractivity contribution is 0.108. The number of fused-ring (bicyclic) bond motifs is 1. The summed E-state index contributed by atoms with van der Waals surface area (Å²) >= 11 is 0.546. The molecule has 0 aromatic heterocycles. The second-order valence-corrected chi connectivity index (χ2v) is 3.29. The Morgan fingerprint density at radius 1 is 1.17 bits per heavy atom. The van der Waals surface area contributed by atoms with E-state index in [1.165, 1.54) is 18.2 Å². The predicted octanol–water partition coefficient (Wildman–Crippen LogP) is 1.85. The summed E-state index contributed by atoms with van der Waals surface area (Å²) in [5, 5.41) is -0.859. The summed E-state index contributed by atoms with van der Waals surface area (Å²) in [7, 11) is 0. The van der Waals surface area contributed by atoms with Gasteiger partial charge in [0.25, 0.3) is 0 Å². The van der Waals surface area contributed by atoms with Crippen LogP contribution < -0.4 is 0 Å². The van der Waals surface area contributed by atoms with E-state index in [1.807, 2.05) is 0 Å². The lowest BCUT2D eigenvalue weighted by Crippen LogP contribution is -1.94. The average molecular weight is 182 g/mol. The van der Waals surface area contributed by atoms with Crippen molar-refractivity contribution in [1.29, 1.82) is 0 Å². The smallest absolute Gasteiger partial charge is 0.230 e. The molecule has 1 aliphatic heterocycles. The second kappa shape index (κ2) is 2.42. The second-order valence-electron chi connectivity index (χ2n) is 2.34. The minimum absolute atomic E-state index is 0.0764. The van der Waals surface area contributed by atoms with Gasteiger partial charge in [-0.25, -0.2) is 4.39 Å². The summed E-state index contributed by atoms with van der Waals surface area (Å²) in [6, 6.07) is 4.06. The summed E-state index contributed by atoms with van der Waals surface area (Å²) in [5.74, 6) is -0.615. The Morgan fingerprint density at radius 3 is 2.58 bits per heavy atom. The van der Waals surface area contributed by atoms with Gasteiger partial charge in [0.15, 0.2) is 0 Å². The molecule has 4 heteroatoms. The maximum Gasteiger partial charge on any atom is 0.230 e. The SMILES string of the molecule is O=C1SC(=O)c2c(F)cccc21. The molecule has 0 amide bonds. The maximum absolute atomic E-state index is 12.9. The van der Waals surface area contributed by atoms with Crippen molar-refractivity contribution in [2.45, 2.75) is 0 Å². The van der Waals surface area contributed by atoms with Crippen LogP contribution in [0.1, 0.15) is 20.7 Å². The molecule has 0 spiro atoms. The van der Waals surface area contributed by atoms with Crippen LogP contribution in [-0.2, 0) is 0 Å². The predicted molar refractivity (Wildman–Crippen MR) is 42.7 cm³/mol. The van der Waals surface area contributed by atoms with Crippen molar-refractivity contribution in [3.8, 4) is 0 Å². The first-order valence-corrected chi connectivity index (χ1v) is 4.07. The van der Waals surface area contributed by atoms with Crippen molar-refractivity contribution in [2.75, 3.05) is 0 Å². The summed E-state index contributed by atoms with van der Waals surface area (Å²) < 4.78 is 12.9. The fourth-order valence-electron chi connectivity index (χ4n) is 1.09. The van der Waals surface area contributed by atoms with Crippen molar-refractivity contribution >= 4 is 22.0 Å². The highest BCUT2D eigenvalue weighted by Crippen LogP contribution is 2.31. The fourth-order valence-corrected chi connectivity index (χ4v) is 1.85. The van der Waals surface area contributed by atoms with E-state index in [9.17, 15) is 14.0 Å². The lowest BCUT2D eigenvalue weighted by Gasteiger charge is -1.93. The van der Waals surface area contributed by atoms with Crippen molar-refractivity contribution in [3.63, 3.8) is 0 Å². The van der Waals surface area contributed by atoms with Crippen LogP contribution in [-0.4, -0.2) is 10.2 Å². The minimum atomic E-state index is -0.615. The molecule has 0 bridgehead atoms. The lowest BCUT2D eigenvalue weighted by atomic mass is 10.1. The maximum atomic E-state index is 12.9. The number of benzene rings is 1. The molecule has 12 heavy (non-hydrogen) atoms. The standard InChI is InChI=1S/C8H3FO2S/c9-5-3-1-2-4-6(5)8(11)12-7(4)10/h1-3H. The Hall–Kier alpha value is -1.16. The Kier molecular flexibility index (Phi) is 1.51. The Morgan fingerprint density at radius 2 is 1.92 bits per heavy atom. The van der Waals surface area contributed by atoms with E-state index in [4.69, 9.17) is 0 Å². The highest BCUT2D eigenvalue weighted by molar-refractivity contribution is 8.27. The molecule has 0 atom stereocenters. The highest BCUT2D eigenvalue weighted by atomic mass is 32.2. The van der Waals surface area contributed by atoms with Crippen LogP contribution in [0.4, 0.5) is 4.39 Å². The molecule has 0 aliphatic carbocycles. The monoisotopic (exact) mass is 182 g/mol. The van der Waals surface area contributed by atoms with E-state index >= 15 is 0 Å². The van der Waals surface area contributed by atoms with E-state index in [0.29, 0.717) is 11.8 Å². The van der Waals surface area contributed by atoms with Crippen molar-refractivity contribution in [1.82, 2.24) is 0 Å². The molecule has 1 aromatic carbocycles. The van der Waals surface area contributed by atoms with Crippen LogP contribution >= 0.6 is 11.8 Å². The molecule has 60 valence electrons. The molecule has 0 saturated heterocycles. The van der Waals surface area contributed by atoms with Crippen molar-refractivity contribution in [3.05, 3.63) is 35.1 Å². The minimum Gasteiger partial charge on any atom is -0.281 e. The summed E-state index contributed by atoms with van der Waals surface area (Å²) in [6.07, 6.45) is 0. The van der Waals surface area contributed by atoms with Gasteiger partial charge < -0.3 is 0 Å². The zero-order chi connectivity index (χ0) is 8.72. The number of halogens is 1. The van der Waals surface area contributed by atoms with Gasteiger partial charge in [0, 0.05) is 5.56 Å². The van der Waals surface area contributed by atoms with Gasteiger partial charge in [-0.05, 0) is 23.9 Å². The van der Waals surface area contributed by atoms with Crippen molar-refractivity contribution < 1.29 is 14.0 Å². The van der Waals surface area contributed by atoms with Crippen LogP contribution in [0.2, 0.25) is 0 Å². The third-order valence-corrected chi connectivity index (χ3v) is 2.42. The molecular weight excluding hydrogens is 179 g/mol. The van der Waals surface area contributed by atoms with Gasteiger partial charge in [-0.3, -0.25) is 9.59 Å². The summed E-state index contributed by atoms with van der Waals surface area (Å²) in [5.41, 5.74) is 0.109. The van der Waals surface area contributed by atoms with Gasteiger partial charge in [0.2, 0.25) is 10.2 Å². The average Bonchev–Trinajstić information content (AvgIpc) is 2.29. The molecule has 0 fully saturated rings. The summed E-state index contributed by atoms with van der Waals surface area (Å²) in [4.78, 5) is 22.0. The molecule has 1 aromatic rings. The highest BCUT2D eigenvalue weighted by Gasteiger charge is 2.30. The third kappa shape index (κ3) is 0.881. The van der Waals surface area contributed by atoms with Gasteiger partial charge >= 0.3 is 0 Å². The molecule has 2 nitrogen and oxygen atoms in total. The Bertz CT molecular complexity index is 387. The van der Waals surface area contributed by atoms with E-state index in [-0.39, 0.29) is 16.2 Å².